The van der Waals surface area contributed by atoms with Crippen molar-refractivity contribution in [3.8, 4) is 11.5 Å². The molecule has 1 fully saturated rings. The van der Waals surface area contributed by atoms with Gasteiger partial charge in [0, 0.05) is 12.1 Å². The van der Waals surface area contributed by atoms with E-state index in [1.54, 1.807) is 0 Å². The average molecular weight is 824 g/mol. The fourth-order valence-corrected chi connectivity index (χ4v) is 9.94. The molecular weight excluding hydrogens is 788 g/mol. The first kappa shape index (κ1) is 40.6. The predicted octanol–water partition coefficient (Wildman–Crippen LogP) is 6.70. The first-order valence-electron chi connectivity index (χ1n) is 17.3. The van der Waals surface area contributed by atoms with Crippen LogP contribution in [0.2, 0.25) is 0 Å². The van der Waals surface area contributed by atoms with Crippen molar-refractivity contribution in [1.82, 2.24) is 4.90 Å². The molecule has 0 spiro atoms. The summed E-state index contributed by atoms with van der Waals surface area (Å²) in [6, 6.07) is 19.1. The fraction of sp³-hybridized carbons (Fsp3) is 0.200. The maximum atomic E-state index is 15.0. The van der Waals surface area contributed by atoms with Gasteiger partial charge in [-0.15, -0.1) is 0 Å². The van der Waals surface area contributed by atoms with Gasteiger partial charge in [0.05, 0.1) is 41.4 Å². The SMILES string of the molecule is COc1ccc(S(=O)(=O)N(c2cccc(F)c2)C(C(=O)O)c2cc(OC)ccc2S(=O)(=O)N(CC(=O)N2CCCC2c2ccc(F)cc2)c2cccc(F)c2)cc1. The van der Waals surface area contributed by atoms with E-state index in [1.807, 2.05) is 0 Å². The zero-order chi connectivity index (χ0) is 41.1. The van der Waals surface area contributed by atoms with E-state index in [1.165, 1.54) is 73.7 Å². The van der Waals surface area contributed by atoms with Gasteiger partial charge in [-0.05, 0) is 109 Å². The molecule has 2 atom stereocenters. The van der Waals surface area contributed by atoms with Gasteiger partial charge >= 0.3 is 5.97 Å². The Hall–Kier alpha value is -6.07. The third-order valence-corrected chi connectivity index (χ3v) is 13.1. The van der Waals surface area contributed by atoms with Crippen LogP contribution in [0.15, 0.2) is 125 Å². The van der Waals surface area contributed by atoms with Gasteiger partial charge in [-0.1, -0.05) is 24.3 Å². The van der Waals surface area contributed by atoms with Crippen molar-refractivity contribution in [2.75, 3.05) is 35.9 Å². The molecule has 298 valence electrons. The average Bonchev–Trinajstić information content (AvgIpc) is 3.69. The first-order valence-corrected chi connectivity index (χ1v) is 20.2. The van der Waals surface area contributed by atoms with Crippen LogP contribution in [0, 0.1) is 17.5 Å². The molecule has 1 amide bonds. The topological polar surface area (TPSA) is 151 Å². The molecule has 6 rings (SSSR count). The minimum atomic E-state index is -5.12. The molecule has 5 aromatic rings. The highest BCUT2D eigenvalue weighted by molar-refractivity contribution is 7.93. The maximum Gasteiger partial charge on any atom is 0.332 e. The Labute approximate surface area is 327 Å². The summed E-state index contributed by atoms with van der Waals surface area (Å²) in [5, 5.41) is 10.9. The van der Waals surface area contributed by atoms with Crippen molar-refractivity contribution in [3.63, 3.8) is 0 Å². The lowest BCUT2D eigenvalue weighted by molar-refractivity contribution is -0.138. The van der Waals surface area contributed by atoms with E-state index >= 15 is 8.42 Å². The Morgan fingerprint density at radius 2 is 1.35 bits per heavy atom. The summed E-state index contributed by atoms with van der Waals surface area (Å²) in [5.41, 5.74) is -0.813. The smallest absolute Gasteiger partial charge is 0.332 e. The molecular formula is C40H36F3N3O9S2. The number of ether oxygens (including phenoxy) is 2. The minimum absolute atomic E-state index is 0.0798. The molecule has 57 heavy (non-hydrogen) atoms. The lowest BCUT2D eigenvalue weighted by Gasteiger charge is -2.33. The van der Waals surface area contributed by atoms with Gasteiger partial charge in [-0.25, -0.2) is 39.1 Å². The molecule has 0 radical (unpaired) electrons. The van der Waals surface area contributed by atoms with Crippen LogP contribution < -0.4 is 18.1 Å². The molecule has 1 aliphatic heterocycles. The molecule has 0 aromatic heterocycles. The number of rotatable bonds is 14. The zero-order valence-electron chi connectivity index (χ0n) is 30.5. The van der Waals surface area contributed by atoms with Gasteiger partial charge in [-0.3, -0.25) is 9.10 Å². The molecule has 0 saturated carbocycles. The van der Waals surface area contributed by atoms with E-state index in [0.29, 0.717) is 27.0 Å². The highest BCUT2D eigenvalue weighted by Crippen LogP contribution is 2.40. The Balaban J connectivity index is 1.53. The molecule has 17 heteroatoms. The van der Waals surface area contributed by atoms with Crippen LogP contribution in [0.5, 0.6) is 11.5 Å². The lowest BCUT2D eigenvalue weighted by atomic mass is 10.0. The Bertz CT molecular complexity index is 2510. The number of carbonyl (C=O) groups is 2. The Morgan fingerprint density at radius 1 is 0.754 bits per heavy atom. The second-order valence-electron chi connectivity index (χ2n) is 12.9. The number of anilines is 2. The first-order chi connectivity index (χ1) is 27.1. The molecule has 0 bridgehead atoms. The van der Waals surface area contributed by atoms with Crippen LogP contribution >= 0.6 is 0 Å². The third-order valence-electron chi connectivity index (χ3n) is 9.43. The number of carboxylic acid groups (broad SMARTS) is 1. The number of hydrogen-bond acceptors (Lipinski definition) is 8. The summed E-state index contributed by atoms with van der Waals surface area (Å²) in [7, 11) is -7.52. The van der Waals surface area contributed by atoms with Gasteiger partial charge in [0.15, 0.2) is 6.04 Å². The van der Waals surface area contributed by atoms with Crippen molar-refractivity contribution < 1.29 is 54.2 Å². The third kappa shape index (κ3) is 8.39. The van der Waals surface area contributed by atoms with Crippen LogP contribution in [0.1, 0.15) is 36.1 Å². The number of likely N-dealkylation sites (tertiary alicyclic amines) is 1. The highest BCUT2D eigenvalue weighted by Gasteiger charge is 2.43. The van der Waals surface area contributed by atoms with Gasteiger partial charge in [0.25, 0.3) is 20.0 Å². The van der Waals surface area contributed by atoms with E-state index < -0.39 is 89.0 Å². The largest absolute Gasteiger partial charge is 0.497 e. The monoisotopic (exact) mass is 823 g/mol. The summed E-state index contributed by atoms with van der Waals surface area (Å²) in [6.45, 7) is -0.678. The van der Waals surface area contributed by atoms with Crippen molar-refractivity contribution >= 4 is 43.3 Å². The van der Waals surface area contributed by atoms with E-state index in [4.69, 9.17) is 9.47 Å². The summed E-state index contributed by atoms with van der Waals surface area (Å²) in [5.74, 6) is -4.65. The molecule has 0 aliphatic carbocycles. The normalized spacial score (nSPS) is 14.8. The summed E-state index contributed by atoms with van der Waals surface area (Å²) in [6.07, 6.45) is 1.04. The number of aliphatic carboxylic acids is 1. The van der Waals surface area contributed by atoms with Crippen molar-refractivity contribution in [1.29, 1.82) is 0 Å². The second kappa shape index (κ2) is 16.6. The summed E-state index contributed by atoms with van der Waals surface area (Å²) >= 11 is 0. The molecule has 2 unspecified atom stereocenters. The summed E-state index contributed by atoms with van der Waals surface area (Å²) < 4.78 is 114. The van der Waals surface area contributed by atoms with E-state index in [2.05, 4.69) is 0 Å². The molecule has 5 aromatic carbocycles. The van der Waals surface area contributed by atoms with E-state index in [-0.39, 0.29) is 23.7 Å². The van der Waals surface area contributed by atoms with Crippen LogP contribution in [0.3, 0.4) is 0 Å². The van der Waals surface area contributed by atoms with Gasteiger partial charge in [0.2, 0.25) is 5.91 Å². The number of nitrogens with zero attached hydrogens (tertiary/aromatic N) is 3. The number of carboxylic acids is 1. The van der Waals surface area contributed by atoms with Crippen LogP contribution in [0.4, 0.5) is 24.5 Å². The van der Waals surface area contributed by atoms with Gasteiger partial charge in [0.1, 0.15) is 35.5 Å². The zero-order valence-corrected chi connectivity index (χ0v) is 32.1. The Kier molecular flexibility index (Phi) is 11.8. The molecule has 1 saturated heterocycles. The number of carbonyl (C=O) groups excluding carboxylic acids is 1. The standard InChI is InChI=1S/C40H36F3N3O9S2/c1-54-32-15-18-34(19-16-32)56(50,51)46(31-9-4-7-29(43)23-31)39(40(48)49)35-24-33(55-2)17-20-37(35)57(52,53)45(30-8-3-6-28(42)22-30)25-38(47)44-21-5-10-36(44)26-11-13-27(41)14-12-26/h3-4,6-9,11-20,22-24,36,39H,5,10,21,25H2,1-2H3,(H,48,49). The molecule has 1 heterocycles. The van der Waals surface area contributed by atoms with Crippen molar-refractivity contribution in [3.05, 3.63) is 144 Å². The van der Waals surface area contributed by atoms with Crippen LogP contribution in [-0.4, -0.2) is 66.0 Å². The van der Waals surface area contributed by atoms with Crippen molar-refractivity contribution in [2.24, 2.45) is 0 Å². The number of sulfonamides is 2. The second-order valence-corrected chi connectivity index (χ2v) is 16.5. The predicted molar refractivity (Wildman–Crippen MR) is 203 cm³/mol. The highest BCUT2D eigenvalue weighted by atomic mass is 32.2. The fourth-order valence-electron chi connectivity index (χ4n) is 6.74. The minimum Gasteiger partial charge on any atom is -0.497 e. The number of methoxy groups -OCH3 is 2. The number of benzene rings is 5. The van der Waals surface area contributed by atoms with Crippen molar-refractivity contribution in [2.45, 2.75) is 34.7 Å². The van der Waals surface area contributed by atoms with E-state index in [0.717, 1.165) is 60.7 Å². The van der Waals surface area contributed by atoms with Gasteiger partial charge in [-0.2, -0.15) is 0 Å². The molecule has 12 nitrogen and oxygen atoms in total. The summed E-state index contributed by atoms with van der Waals surface area (Å²) in [4.78, 5) is 27.8. The lowest BCUT2D eigenvalue weighted by Crippen LogP contribution is -2.44. The number of halogens is 3. The molecule has 1 N–H and O–H groups in total. The van der Waals surface area contributed by atoms with E-state index in [9.17, 15) is 36.3 Å². The number of hydrogen-bond donors (Lipinski definition) is 1. The van der Waals surface area contributed by atoms with Crippen LogP contribution in [-0.2, 0) is 29.6 Å². The van der Waals surface area contributed by atoms with Crippen LogP contribution in [0.25, 0.3) is 0 Å². The quantitative estimate of drug-likeness (QED) is 0.129. The van der Waals surface area contributed by atoms with Gasteiger partial charge < -0.3 is 19.5 Å². The molecule has 1 aliphatic rings. The number of amides is 1. The maximum absolute atomic E-state index is 15.0. The Morgan fingerprint density at radius 3 is 1.95 bits per heavy atom.